The van der Waals surface area contributed by atoms with Gasteiger partial charge in [-0.05, 0) is 36.4 Å². The molecular formula is C17H11ClF2N4O. The molecule has 0 aliphatic rings. The number of halogens is 3. The Balaban J connectivity index is 1.76. The first-order chi connectivity index (χ1) is 12.0. The van der Waals surface area contributed by atoms with E-state index in [-0.39, 0.29) is 17.3 Å². The molecule has 1 aromatic heterocycles. The Hall–Kier alpha value is -3.06. The molecule has 2 N–H and O–H groups in total. The van der Waals surface area contributed by atoms with E-state index in [1.165, 1.54) is 18.3 Å². The van der Waals surface area contributed by atoms with Crippen LogP contribution in [0.1, 0.15) is 10.5 Å². The number of hydrogen-bond donors (Lipinski definition) is 2. The van der Waals surface area contributed by atoms with Gasteiger partial charge in [-0.1, -0.05) is 17.7 Å². The van der Waals surface area contributed by atoms with Crippen LogP contribution in [0.15, 0.2) is 54.7 Å². The van der Waals surface area contributed by atoms with Crippen molar-refractivity contribution in [1.82, 2.24) is 9.97 Å². The van der Waals surface area contributed by atoms with Crippen LogP contribution in [-0.2, 0) is 0 Å². The summed E-state index contributed by atoms with van der Waals surface area (Å²) in [4.78, 5) is 20.3. The molecule has 0 aliphatic heterocycles. The third kappa shape index (κ3) is 4.27. The van der Waals surface area contributed by atoms with Crippen LogP contribution in [-0.4, -0.2) is 15.9 Å². The minimum absolute atomic E-state index is 0.0595. The maximum atomic E-state index is 13.2. The van der Waals surface area contributed by atoms with Crippen molar-refractivity contribution in [3.63, 3.8) is 0 Å². The molecule has 0 radical (unpaired) electrons. The number of carbonyl (C=O) groups excluding carboxylic acids is 1. The lowest BCUT2D eigenvalue weighted by Gasteiger charge is -2.08. The maximum absolute atomic E-state index is 13.2. The first kappa shape index (κ1) is 16.8. The zero-order valence-electron chi connectivity index (χ0n) is 12.6. The average Bonchev–Trinajstić information content (AvgIpc) is 2.58. The number of nitrogens with one attached hydrogen (secondary N) is 2. The van der Waals surface area contributed by atoms with Crippen molar-refractivity contribution in [3.8, 4) is 0 Å². The minimum atomic E-state index is -1.05. The number of anilines is 3. The molecule has 0 unspecified atom stereocenters. The van der Waals surface area contributed by atoms with E-state index in [1.807, 2.05) is 0 Å². The number of amides is 1. The minimum Gasteiger partial charge on any atom is -0.324 e. The van der Waals surface area contributed by atoms with Crippen molar-refractivity contribution in [1.29, 1.82) is 0 Å². The Morgan fingerprint density at radius 2 is 1.84 bits per heavy atom. The highest BCUT2D eigenvalue weighted by atomic mass is 35.5. The molecule has 0 bridgehead atoms. The first-order valence-electron chi connectivity index (χ1n) is 7.13. The van der Waals surface area contributed by atoms with Crippen LogP contribution in [0.4, 0.5) is 26.1 Å². The SMILES string of the molecule is O=C(Nc1ccc(F)c(F)c1)c1ccnc(Nc2cccc(Cl)c2)n1. The van der Waals surface area contributed by atoms with Gasteiger partial charge >= 0.3 is 0 Å². The summed E-state index contributed by atoms with van der Waals surface area (Å²) in [5.74, 6) is -2.43. The van der Waals surface area contributed by atoms with Gasteiger partial charge in [-0.15, -0.1) is 0 Å². The standard InChI is InChI=1S/C17H11ClF2N4O/c18-10-2-1-3-11(8-10)23-17-21-7-6-15(24-17)16(25)22-12-4-5-13(19)14(20)9-12/h1-9H,(H,22,25)(H,21,23,24). The lowest BCUT2D eigenvalue weighted by molar-refractivity contribution is 0.102. The highest BCUT2D eigenvalue weighted by molar-refractivity contribution is 6.30. The monoisotopic (exact) mass is 360 g/mol. The topological polar surface area (TPSA) is 66.9 Å². The number of benzene rings is 2. The van der Waals surface area contributed by atoms with Crippen LogP contribution in [0.25, 0.3) is 0 Å². The second kappa shape index (κ2) is 7.23. The molecular weight excluding hydrogens is 350 g/mol. The molecule has 3 aromatic rings. The van der Waals surface area contributed by atoms with Crippen LogP contribution in [0.5, 0.6) is 0 Å². The van der Waals surface area contributed by atoms with Crippen LogP contribution >= 0.6 is 11.6 Å². The van der Waals surface area contributed by atoms with Crippen molar-refractivity contribution in [2.24, 2.45) is 0 Å². The number of rotatable bonds is 4. The first-order valence-corrected chi connectivity index (χ1v) is 7.51. The van der Waals surface area contributed by atoms with Crippen LogP contribution in [0.2, 0.25) is 5.02 Å². The molecule has 8 heteroatoms. The Labute approximate surface area is 146 Å². The predicted octanol–water partition coefficient (Wildman–Crippen LogP) is 4.40. The summed E-state index contributed by atoms with van der Waals surface area (Å²) >= 11 is 5.90. The van der Waals surface area contributed by atoms with E-state index in [0.717, 1.165) is 12.1 Å². The fourth-order valence-electron chi connectivity index (χ4n) is 2.01. The number of hydrogen-bond acceptors (Lipinski definition) is 4. The zero-order valence-corrected chi connectivity index (χ0v) is 13.4. The average molecular weight is 361 g/mol. The van der Waals surface area contributed by atoms with Gasteiger partial charge in [0.2, 0.25) is 5.95 Å². The van der Waals surface area contributed by atoms with Crippen molar-refractivity contribution >= 4 is 34.8 Å². The predicted molar refractivity (Wildman–Crippen MR) is 91.1 cm³/mol. The highest BCUT2D eigenvalue weighted by Crippen LogP contribution is 2.18. The summed E-state index contributed by atoms with van der Waals surface area (Å²) in [5.41, 5.74) is 0.835. The van der Waals surface area contributed by atoms with Crippen molar-refractivity contribution in [2.75, 3.05) is 10.6 Å². The molecule has 0 saturated carbocycles. The molecule has 1 amide bonds. The molecule has 126 valence electrons. The van der Waals surface area contributed by atoms with Gasteiger partial charge in [0.05, 0.1) is 0 Å². The molecule has 5 nitrogen and oxygen atoms in total. The second-order valence-electron chi connectivity index (χ2n) is 4.98. The van der Waals surface area contributed by atoms with Gasteiger partial charge in [-0.2, -0.15) is 0 Å². The quantitative estimate of drug-likeness (QED) is 0.723. The second-order valence-corrected chi connectivity index (χ2v) is 5.42. The largest absolute Gasteiger partial charge is 0.324 e. The smallest absolute Gasteiger partial charge is 0.274 e. The van der Waals surface area contributed by atoms with E-state index in [9.17, 15) is 13.6 Å². The lowest BCUT2D eigenvalue weighted by atomic mass is 10.3. The zero-order chi connectivity index (χ0) is 17.8. The lowest BCUT2D eigenvalue weighted by Crippen LogP contribution is -2.15. The van der Waals surface area contributed by atoms with Gasteiger partial charge in [0, 0.05) is 28.7 Å². The van der Waals surface area contributed by atoms with E-state index < -0.39 is 17.5 Å². The molecule has 0 fully saturated rings. The Morgan fingerprint density at radius 3 is 2.60 bits per heavy atom. The van der Waals surface area contributed by atoms with Gasteiger partial charge in [0.15, 0.2) is 11.6 Å². The summed E-state index contributed by atoms with van der Waals surface area (Å²) in [7, 11) is 0. The van der Waals surface area contributed by atoms with E-state index in [2.05, 4.69) is 20.6 Å². The molecule has 0 spiro atoms. The Morgan fingerprint density at radius 1 is 1.00 bits per heavy atom. The molecule has 0 saturated heterocycles. The van der Waals surface area contributed by atoms with Crippen molar-refractivity contribution in [3.05, 3.63) is 77.1 Å². The summed E-state index contributed by atoms with van der Waals surface area (Å²) in [6.45, 7) is 0. The molecule has 0 atom stereocenters. The normalized spacial score (nSPS) is 10.4. The molecule has 3 rings (SSSR count). The highest BCUT2D eigenvalue weighted by Gasteiger charge is 2.11. The fourth-order valence-corrected chi connectivity index (χ4v) is 2.20. The van der Waals surface area contributed by atoms with Crippen LogP contribution in [0, 0.1) is 11.6 Å². The van der Waals surface area contributed by atoms with Gasteiger partial charge in [-0.3, -0.25) is 4.79 Å². The van der Waals surface area contributed by atoms with Crippen molar-refractivity contribution in [2.45, 2.75) is 0 Å². The maximum Gasteiger partial charge on any atom is 0.274 e. The third-order valence-electron chi connectivity index (χ3n) is 3.15. The summed E-state index contributed by atoms with van der Waals surface area (Å²) < 4.78 is 26.1. The van der Waals surface area contributed by atoms with E-state index in [0.29, 0.717) is 10.7 Å². The van der Waals surface area contributed by atoms with Crippen molar-refractivity contribution < 1.29 is 13.6 Å². The number of nitrogens with zero attached hydrogens (tertiary/aromatic N) is 2. The number of aromatic nitrogens is 2. The summed E-state index contributed by atoms with van der Waals surface area (Å²) in [6, 6.07) is 11.4. The van der Waals surface area contributed by atoms with Gasteiger partial charge in [-0.25, -0.2) is 18.7 Å². The van der Waals surface area contributed by atoms with E-state index >= 15 is 0 Å². The van der Waals surface area contributed by atoms with E-state index in [4.69, 9.17) is 11.6 Å². The van der Waals surface area contributed by atoms with E-state index in [1.54, 1.807) is 24.3 Å². The molecule has 1 heterocycles. The van der Waals surface area contributed by atoms with Crippen LogP contribution < -0.4 is 10.6 Å². The third-order valence-corrected chi connectivity index (χ3v) is 3.38. The Bertz CT molecular complexity index is 936. The summed E-state index contributed by atoms with van der Waals surface area (Å²) in [6.07, 6.45) is 1.40. The molecule has 0 aliphatic carbocycles. The molecule has 25 heavy (non-hydrogen) atoms. The van der Waals surface area contributed by atoms with Gasteiger partial charge in [0.1, 0.15) is 5.69 Å². The molecule has 2 aromatic carbocycles. The van der Waals surface area contributed by atoms with Gasteiger partial charge in [0.25, 0.3) is 5.91 Å². The Kier molecular flexibility index (Phi) is 4.85. The van der Waals surface area contributed by atoms with Gasteiger partial charge < -0.3 is 10.6 Å². The summed E-state index contributed by atoms with van der Waals surface area (Å²) in [5, 5.41) is 5.90. The number of carbonyl (C=O) groups is 1. The fraction of sp³-hybridized carbons (Fsp3) is 0. The van der Waals surface area contributed by atoms with Crippen LogP contribution in [0.3, 0.4) is 0 Å².